The minimum Gasteiger partial charge on any atom is -0.486 e. The van der Waals surface area contributed by atoms with Gasteiger partial charge in [0.1, 0.15) is 13.2 Å². The maximum Gasteiger partial charge on any atom is 0.240 e. The fourth-order valence-corrected chi connectivity index (χ4v) is 3.68. The molecule has 0 spiro atoms. The molecule has 0 saturated carbocycles. The van der Waals surface area contributed by atoms with E-state index in [2.05, 4.69) is 27.3 Å². The molecule has 1 aromatic carbocycles. The van der Waals surface area contributed by atoms with E-state index in [1.54, 1.807) is 12.1 Å². The second-order valence-corrected chi connectivity index (χ2v) is 7.65. The van der Waals surface area contributed by atoms with Gasteiger partial charge in [-0.15, -0.1) is 0 Å². The van der Waals surface area contributed by atoms with Crippen molar-refractivity contribution in [1.29, 1.82) is 0 Å². The largest absolute Gasteiger partial charge is 0.486 e. The highest BCUT2D eigenvalue weighted by atomic mass is 127. The summed E-state index contributed by atoms with van der Waals surface area (Å²) in [5.74, 6) is 1.09. The fraction of sp³-hybridized carbons (Fsp3) is 0.571. The van der Waals surface area contributed by atoms with Gasteiger partial charge in [-0.05, 0) is 29.4 Å². The Morgan fingerprint density at radius 3 is 2.52 bits per heavy atom. The Bertz CT molecular complexity index is 562. The first kappa shape index (κ1) is 16.8. The van der Waals surface area contributed by atoms with Gasteiger partial charge < -0.3 is 9.47 Å². The van der Waals surface area contributed by atoms with Crippen LogP contribution in [0.3, 0.4) is 0 Å². The van der Waals surface area contributed by atoms with E-state index < -0.39 is 10.0 Å². The minimum absolute atomic E-state index is 0.221. The van der Waals surface area contributed by atoms with Gasteiger partial charge in [0.15, 0.2) is 11.5 Å². The number of sulfonamides is 1. The Morgan fingerprint density at radius 2 is 1.76 bits per heavy atom. The molecule has 2 rings (SSSR count). The molecular weight excluding hydrogens is 405 g/mol. The molecule has 0 radical (unpaired) electrons. The lowest BCUT2D eigenvalue weighted by Crippen LogP contribution is -2.25. The maximum absolute atomic E-state index is 12.2. The molecule has 21 heavy (non-hydrogen) atoms. The van der Waals surface area contributed by atoms with E-state index in [1.807, 2.05) is 0 Å². The molecule has 1 heterocycles. The first-order valence-electron chi connectivity index (χ1n) is 7.09. The van der Waals surface area contributed by atoms with Gasteiger partial charge >= 0.3 is 0 Å². The maximum atomic E-state index is 12.2. The summed E-state index contributed by atoms with van der Waals surface area (Å²) >= 11 is 2.35. The average molecular weight is 425 g/mol. The summed E-state index contributed by atoms with van der Waals surface area (Å²) in [5, 5.41) is 0. The van der Waals surface area contributed by atoms with Gasteiger partial charge in [0.05, 0.1) is 4.90 Å². The highest BCUT2D eigenvalue weighted by Crippen LogP contribution is 2.32. The number of fused-ring (bicyclic) bond motifs is 1. The van der Waals surface area contributed by atoms with Gasteiger partial charge in [-0.1, -0.05) is 35.4 Å². The summed E-state index contributed by atoms with van der Waals surface area (Å²) in [4.78, 5) is 0.221. The number of alkyl halides is 1. The Morgan fingerprint density at radius 1 is 1.05 bits per heavy atom. The lowest BCUT2D eigenvalue weighted by Gasteiger charge is -2.18. The lowest BCUT2D eigenvalue weighted by atomic mass is 10.2. The van der Waals surface area contributed by atoms with E-state index in [9.17, 15) is 8.42 Å². The van der Waals surface area contributed by atoms with E-state index in [4.69, 9.17) is 9.47 Å². The Labute approximate surface area is 139 Å². The van der Waals surface area contributed by atoms with Crippen LogP contribution in [0.15, 0.2) is 23.1 Å². The third-order valence-electron chi connectivity index (χ3n) is 3.18. The van der Waals surface area contributed by atoms with Crippen LogP contribution in [0, 0.1) is 0 Å². The minimum atomic E-state index is -3.47. The topological polar surface area (TPSA) is 64.6 Å². The normalized spacial score (nSPS) is 14.1. The van der Waals surface area contributed by atoms with Gasteiger partial charge in [0.25, 0.3) is 0 Å². The second-order valence-electron chi connectivity index (χ2n) is 4.81. The van der Waals surface area contributed by atoms with Crippen molar-refractivity contribution in [2.75, 3.05) is 24.2 Å². The zero-order valence-corrected chi connectivity index (χ0v) is 14.8. The summed E-state index contributed by atoms with van der Waals surface area (Å²) < 4.78 is 39.0. The number of unbranched alkanes of at least 4 members (excludes halogenated alkanes) is 3. The van der Waals surface area contributed by atoms with Crippen molar-refractivity contribution in [2.24, 2.45) is 0 Å². The second kappa shape index (κ2) is 8.19. The van der Waals surface area contributed by atoms with Crippen LogP contribution in [0.5, 0.6) is 11.5 Å². The Hall–Kier alpha value is -0.540. The Kier molecular flexibility index (Phi) is 6.56. The van der Waals surface area contributed by atoms with Gasteiger partial charge in [-0.2, -0.15) is 0 Å². The predicted molar refractivity (Wildman–Crippen MR) is 90.0 cm³/mol. The van der Waals surface area contributed by atoms with Crippen LogP contribution >= 0.6 is 22.6 Å². The molecule has 0 fully saturated rings. The highest BCUT2D eigenvalue weighted by Gasteiger charge is 2.18. The molecule has 0 saturated heterocycles. The quantitative estimate of drug-likeness (QED) is 0.395. The monoisotopic (exact) mass is 425 g/mol. The molecule has 5 nitrogen and oxygen atoms in total. The van der Waals surface area contributed by atoms with Gasteiger partial charge in [-0.25, -0.2) is 13.1 Å². The molecule has 0 aromatic heterocycles. The predicted octanol–water partition coefficient (Wildman–Crippen LogP) is 2.73. The van der Waals surface area contributed by atoms with E-state index in [1.165, 1.54) is 12.5 Å². The lowest BCUT2D eigenvalue weighted by molar-refractivity contribution is 0.171. The Balaban J connectivity index is 1.90. The average Bonchev–Trinajstić information content (AvgIpc) is 2.50. The smallest absolute Gasteiger partial charge is 0.240 e. The first-order valence-corrected chi connectivity index (χ1v) is 10.1. The fourth-order valence-electron chi connectivity index (χ4n) is 2.05. The van der Waals surface area contributed by atoms with Crippen molar-refractivity contribution in [3.8, 4) is 11.5 Å². The SMILES string of the molecule is O=S(=O)(NCCCCCCI)c1ccc2c(c1)OCCO2. The van der Waals surface area contributed by atoms with E-state index in [-0.39, 0.29) is 4.90 Å². The molecule has 0 atom stereocenters. The van der Waals surface area contributed by atoms with Crippen molar-refractivity contribution >= 4 is 32.6 Å². The van der Waals surface area contributed by atoms with Crippen LogP contribution in [0.4, 0.5) is 0 Å². The summed E-state index contributed by atoms with van der Waals surface area (Å²) in [6, 6.07) is 4.71. The molecule has 1 aliphatic heterocycles. The van der Waals surface area contributed by atoms with Crippen LogP contribution in [0.1, 0.15) is 25.7 Å². The number of benzene rings is 1. The molecule has 1 aromatic rings. The zero-order valence-electron chi connectivity index (χ0n) is 11.8. The van der Waals surface area contributed by atoms with E-state index >= 15 is 0 Å². The van der Waals surface area contributed by atoms with Gasteiger partial charge in [0.2, 0.25) is 10.0 Å². The van der Waals surface area contributed by atoms with E-state index in [0.717, 1.165) is 23.7 Å². The summed E-state index contributed by atoms with van der Waals surface area (Å²) in [7, 11) is -3.47. The van der Waals surface area contributed by atoms with Gasteiger partial charge in [0, 0.05) is 12.6 Å². The number of nitrogens with one attached hydrogen (secondary N) is 1. The summed E-state index contributed by atoms with van der Waals surface area (Å²) in [5.41, 5.74) is 0. The molecule has 1 aliphatic rings. The number of ether oxygens (including phenoxy) is 2. The van der Waals surface area contributed by atoms with E-state index in [0.29, 0.717) is 31.3 Å². The van der Waals surface area contributed by atoms with Crippen molar-refractivity contribution < 1.29 is 17.9 Å². The third kappa shape index (κ3) is 5.00. The number of hydrogen-bond donors (Lipinski definition) is 1. The third-order valence-corrected chi connectivity index (χ3v) is 5.40. The summed E-state index contributed by atoms with van der Waals surface area (Å²) in [6.45, 7) is 1.41. The van der Waals surface area contributed by atoms with Gasteiger partial charge in [-0.3, -0.25) is 0 Å². The van der Waals surface area contributed by atoms with Crippen molar-refractivity contribution in [1.82, 2.24) is 4.72 Å². The molecule has 0 aliphatic carbocycles. The molecule has 1 N–H and O–H groups in total. The van der Waals surface area contributed by atoms with Crippen LogP contribution < -0.4 is 14.2 Å². The molecule has 0 bridgehead atoms. The first-order chi connectivity index (χ1) is 10.1. The van der Waals surface area contributed by atoms with Crippen molar-refractivity contribution in [3.05, 3.63) is 18.2 Å². The standard InChI is InChI=1S/C14H20INO4S/c15-7-3-1-2-4-8-16-21(17,18)12-5-6-13-14(11-12)20-10-9-19-13/h5-6,11,16H,1-4,7-10H2. The number of rotatable bonds is 8. The molecule has 0 amide bonds. The zero-order chi connectivity index (χ0) is 15.1. The molecule has 7 heteroatoms. The number of hydrogen-bond acceptors (Lipinski definition) is 4. The molecule has 118 valence electrons. The van der Waals surface area contributed by atoms with Crippen LogP contribution in [-0.2, 0) is 10.0 Å². The van der Waals surface area contributed by atoms with Crippen molar-refractivity contribution in [3.63, 3.8) is 0 Å². The summed E-state index contributed by atoms with van der Waals surface area (Å²) in [6.07, 6.45) is 4.25. The van der Waals surface area contributed by atoms with Crippen LogP contribution in [-0.4, -0.2) is 32.6 Å². The van der Waals surface area contributed by atoms with Crippen molar-refractivity contribution in [2.45, 2.75) is 30.6 Å². The van der Waals surface area contributed by atoms with Crippen LogP contribution in [0.2, 0.25) is 0 Å². The van der Waals surface area contributed by atoms with Crippen LogP contribution in [0.25, 0.3) is 0 Å². The molecular formula is C14H20INO4S. The number of halogens is 1. The molecule has 0 unspecified atom stereocenters. The highest BCUT2D eigenvalue weighted by molar-refractivity contribution is 14.1.